The SMILES string of the molecule is CC(C)(C)C(CCO)NC(=O)c1cc(S)cs1. The van der Waals surface area contributed by atoms with Crippen LogP contribution in [0.25, 0.3) is 0 Å². The molecule has 0 fully saturated rings. The summed E-state index contributed by atoms with van der Waals surface area (Å²) in [6.07, 6.45) is 0.564. The maximum atomic E-state index is 12.0. The molecule has 0 aliphatic rings. The van der Waals surface area contributed by atoms with Crippen molar-refractivity contribution in [1.82, 2.24) is 5.32 Å². The van der Waals surface area contributed by atoms with Crippen molar-refractivity contribution in [2.24, 2.45) is 5.41 Å². The lowest BCUT2D eigenvalue weighted by Crippen LogP contribution is -2.44. The fourth-order valence-electron chi connectivity index (χ4n) is 1.53. The van der Waals surface area contributed by atoms with Crippen molar-refractivity contribution in [2.75, 3.05) is 6.61 Å². The molecule has 17 heavy (non-hydrogen) atoms. The van der Waals surface area contributed by atoms with Crippen LogP contribution in [0.1, 0.15) is 36.9 Å². The molecular formula is C12H19NO2S2. The van der Waals surface area contributed by atoms with E-state index in [0.29, 0.717) is 11.3 Å². The van der Waals surface area contributed by atoms with Crippen LogP contribution in [-0.2, 0) is 0 Å². The molecule has 1 rings (SSSR count). The molecule has 0 saturated carbocycles. The van der Waals surface area contributed by atoms with Crippen LogP contribution in [0.3, 0.4) is 0 Å². The second-order valence-corrected chi connectivity index (χ2v) is 6.50. The number of hydrogen-bond acceptors (Lipinski definition) is 4. The van der Waals surface area contributed by atoms with E-state index in [4.69, 9.17) is 5.11 Å². The first kappa shape index (κ1) is 14.5. The topological polar surface area (TPSA) is 49.3 Å². The number of rotatable bonds is 4. The van der Waals surface area contributed by atoms with E-state index in [1.165, 1.54) is 11.3 Å². The highest BCUT2D eigenvalue weighted by molar-refractivity contribution is 7.80. The van der Waals surface area contributed by atoms with Gasteiger partial charge in [-0.15, -0.1) is 24.0 Å². The molecule has 3 nitrogen and oxygen atoms in total. The standard InChI is InChI=1S/C12H19NO2S2/c1-12(2,3)10(4-5-14)13-11(15)9-6-8(16)7-17-9/h6-7,10,14,16H,4-5H2,1-3H3,(H,13,15). The zero-order valence-corrected chi connectivity index (χ0v) is 12.1. The summed E-state index contributed by atoms with van der Waals surface area (Å²) in [5.74, 6) is -0.0938. The van der Waals surface area contributed by atoms with Crippen LogP contribution in [0.15, 0.2) is 16.3 Å². The molecule has 5 heteroatoms. The van der Waals surface area contributed by atoms with Crippen molar-refractivity contribution >= 4 is 29.9 Å². The lowest BCUT2D eigenvalue weighted by molar-refractivity contribution is 0.0889. The van der Waals surface area contributed by atoms with Gasteiger partial charge < -0.3 is 10.4 Å². The summed E-state index contributed by atoms with van der Waals surface area (Å²) in [6, 6.07) is 1.72. The Morgan fingerprint density at radius 1 is 1.59 bits per heavy atom. The van der Waals surface area contributed by atoms with Gasteiger partial charge in [-0.05, 0) is 17.9 Å². The summed E-state index contributed by atoms with van der Waals surface area (Å²) in [5.41, 5.74) is -0.0700. The Labute approximate surface area is 112 Å². The van der Waals surface area contributed by atoms with Gasteiger partial charge in [0.15, 0.2) is 0 Å². The normalized spacial score (nSPS) is 13.5. The Kier molecular flexibility index (Phi) is 5.04. The van der Waals surface area contributed by atoms with Crippen molar-refractivity contribution < 1.29 is 9.90 Å². The molecule has 1 atom stereocenters. The third-order valence-electron chi connectivity index (χ3n) is 2.58. The van der Waals surface area contributed by atoms with Gasteiger partial charge in [-0.3, -0.25) is 4.79 Å². The van der Waals surface area contributed by atoms with E-state index in [0.717, 1.165) is 4.90 Å². The van der Waals surface area contributed by atoms with Gasteiger partial charge >= 0.3 is 0 Å². The first-order valence-corrected chi connectivity index (χ1v) is 6.86. The molecular weight excluding hydrogens is 254 g/mol. The molecule has 1 aromatic rings. The molecule has 0 bridgehead atoms. The first-order valence-electron chi connectivity index (χ1n) is 5.54. The van der Waals surface area contributed by atoms with Crippen LogP contribution in [0.5, 0.6) is 0 Å². The van der Waals surface area contributed by atoms with Gasteiger partial charge in [-0.2, -0.15) is 0 Å². The lowest BCUT2D eigenvalue weighted by atomic mass is 9.85. The summed E-state index contributed by atoms with van der Waals surface area (Å²) in [4.78, 5) is 13.4. The lowest BCUT2D eigenvalue weighted by Gasteiger charge is -2.30. The second-order valence-electron chi connectivity index (χ2n) is 5.07. The van der Waals surface area contributed by atoms with Gasteiger partial charge in [0, 0.05) is 22.9 Å². The van der Waals surface area contributed by atoms with E-state index in [2.05, 4.69) is 17.9 Å². The van der Waals surface area contributed by atoms with Crippen molar-refractivity contribution in [3.63, 3.8) is 0 Å². The Morgan fingerprint density at radius 2 is 2.24 bits per heavy atom. The highest BCUT2D eigenvalue weighted by Gasteiger charge is 2.26. The minimum absolute atomic E-state index is 0.0366. The number of aliphatic hydroxyl groups is 1. The summed E-state index contributed by atoms with van der Waals surface area (Å²) >= 11 is 5.56. The molecule has 0 aliphatic carbocycles. The van der Waals surface area contributed by atoms with E-state index < -0.39 is 0 Å². The Balaban J connectivity index is 2.71. The molecule has 96 valence electrons. The minimum atomic E-state index is -0.0938. The average Bonchev–Trinajstić information content (AvgIpc) is 2.62. The molecule has 1 amide bonds. The Morgan fingerprint density at radius 3 is 2.65 bits per heavy atom. The first-order chi connectivity index (χ1) is 7.84. The fraction of sp³-hybridized carbons (Fsp3) is 0.583. The van der Waals surface area contributed by atoms with Crippen LogP contribution in [0, 0.1) is 5.41 Å². The Bertz CT molecular complexity index is 382. The molecule has 0 saturated heterocycles. The summed E-state index contributed by atoms with van der Waals surface area (Å²) in [7, 11) is 0. The van der Waals surface area contributed by atoms with Crippen molar-refractivity contribution in [3.8, 4) is 0 Å². The van der Waals surface area contributed by atoms with Crippen LogP contribution in [-0.4, -0.2) is 23.7 Å². The minimum Gasteiger partial charge on any atom is -0.396 e. The number of thiol groups is 1. The van der Waals surface area contributed by atoms with Crippen molar-refractivity contribution in [2.45, 2.75) is 38.1 Å². The number of carbonyl (C=O) groups excluding carboxylic acids is 1. The second kappa shape index (κ2) is 5.89. The van der Waals surface area contributed by atoms with E-state index in [-0.39, 0.29) is 24.0 Å². The van der Waals surface area contributed by atoms with E-state index in [1.54, 1.807) is 6.07 Å². The predicted octanol–water partition coefficient (Wildman–Crippen LogP) is 2.56. The average molecular weight is 273 g/mol. The molecule has 2 N–H and O–H groups in total. The predicted molar refractivity (Wildman–Crippen MR) is 74.0 cm³/mol. The molecule has 1 heterocycles. The maximum Gasteiger partial charge on any atom is 0.261 e. The van der Waals surface area contributed by atoms with Gasteiger partial charge in [-0.25, -0.2) is 0 Å². The summed E-state index contributed by atoms with van der Waals surface area (Å²) in [6.45, 7) is 6.22. The molecule has 1 unspecified atom stereocenters. The third kappa shape index (κ3) is 4.33. The van der Waals surface area contributed by atoms with Gasteiger partial charge in [-0.1, -0.05) is 20.8 Å². The monoisotopic (exact) mass is 273 g/mol. The smallest absolute Gasteiger partial charge is 0.261 e. The van der Waals surface area contributed by atoms with Crippen LogP contribution in [0.4, 0.5) is 0 Å². The summed E-state index contributed by atoms with van der Waals surface area (Å²) in [5, 5.41) is 13.8. The third-order valence-corrected chi connectivity index (χ3v) is 3.94. The molecule has 0 aliphatic heterocycles. The van der Waals surface area contributed by atoms with E-state index in [9.17, 15) is 4.79 Å². The quantitative estimate of drug-likeness (QED) is 0.738. The number of aliphatic hydroxyl groups excluding tert-OH is 1. The Hall–Kier alpha value is -0.520. The number of carbonyl (C=O) groups is 1. The number of amides is 1. The number of hydrogen-bond donors (Lipinski definition) is 3. The van der Waals surface area contributed by atoms with E-state index >= 15 is 0 Å². The maximum absolute atomic E-state index is 12.0. The number of nitrogens with one attached hydrogen (secondary N) is 1. The van der Waals surface area contributed by atoms with Crippen LogP contribution < -0.4 is 5.32 Å². The van der Waals surface area contributed by atoms with Gasteiger partial charge in [0.2, 0.25) is 0 Å². The van der Waals surface area contributed by atoms with Crippen molar-refractivity contribution in [3.05, 3.63) is 16.3 Å². The van der Waals surface area contributed by atoms with Crippen LogP contribution in [0.2, 0.25) is 0 Å². The van der Waals surface area contributed by atoms with E-state index in [1.807, 2.05) is 26.2 Å². The number of thiophene rings is 1. The zero-order valence-electron chi connectivity index (χ0n) is 10.4. The fourth-order valence-corrected chi connectivity index (χ4v) is 2.58. The van der Waals surface area contributed by atoms with Gasteiger partial charge in [0.1, 0.15) is 0 Å². The molecule has 0 radical (unpaired) electrons. The molecule has 0 spiro atoms. The largest absolute Gasteiger partial charge is 0.396 e. The van der Waals surface area contributed by atoms with Gasteiger partial charge in [0.25, 0.3) is 5.91 Å². The highest BCUT2D eigenvalue weighted by Crippen LogP contribution is 2.23. The van der Waals surface area contributed by atoms with Gasteiger partial charge in [0.05, 0.1) is 4.88 Å². The zero-order chi connectivity index (χ0) is 13.1. The van der Waals surface area contributed by atoms with Crippen LogP contribution >= 0.6 is 24.0 Å². The molecule has 0 aromatic carbocycles. The highest BCUT2D eigenvalue weighted by atomic mass is 32.1. The van der Waals surface area contributed by atoms with Crippen molar-refractivity contribution in [1.29, 1.82) is 0 Å². The summed E-state index contributed by atoms with van der Waals surface area (Å²) < 4.78 is 0. The molecule has 1 aromatic heterocycles.